The molecule has 0 aliphatic carbocycles. The zero-order chi connectivity index (χ0) is 14.1. The van der Waals surface area contributed by atoms with Crippen LogP contribution in [0.1, 0.15) is 19.8 Å². The van der Waals surface area contributed by atoms with Crippen LogP contribution in [-0.2, 0) is 4.79 Å². The number of hydrogen-bond donors (Lipinski definition) is 0. The SMILES string of the molecule is CC(=O)N(C)C1CCN(c2ccnc3ccsc23)CC1. The summed E-state index contributed by atoms with van der Waals surface area (Å²) in [6, 6.07) is 4.55. The second-order valence-electron chi connectivity index (χ2n) is 5.31. The molecular formula is C15H19N3OS. The minimum Gasteiger partial charge on any atom is -0.370 e. The van der Waals surface area contributed by atoms with Crippen LogP contribution in [-0.4, -0.2) is 42.0 Å². The highest BCUT2D eigenvalue weighted by Crippen LogP contribution is 2.32. The Bertz CT molecular complexity index is 616. The molecule has 0 aromatic carbocycles. The minimum absolute atomic E-state index is 0.160. The molecule has 0 saturated carbocycles. The van der Waals surface area contributed by atoms with Gasteiger partial charge in [0.25, 0.3) is 0 Å². The summed E-state index contributed by atoms with van der Waals surface area (Å²) in [5, 5.41) is 2.09. The molecule has 4 nitrogen and oxygen atoms in total. The Hall–Kier alpha value is -1.62. The fourth-order valence-electron chi connectivity index (χ4n) is 2.86. The van der Waals surface area contributed by atoms with E-state index in [1.807, 2.05) is 18.1 Å². The molecule has 0 spiro atoms. The first-order chi connectivity index (χ1) is 9.66. The predicted octanol–water partition coefficient (Wildman–Crippen LogP) is 2.74. The number of amides is 1. The third-order valence-electron chi connectivity index (χ3n) is 4.17. The number of pyridine rings is 1. The van der Waals surface area contributed by atoms with Crippen LogP contribution in [0.3, 0.4) is 0 Å². The van der Waals surface area contributed by atoms with Crippen LogP contribution >= 0.6 is 11.3 Å². The number of nitrogens with zero attached hydrogens (tertiary/aromatic N) is 3. The first kappa shape index (κ1) is 13.4. The summed E-state index contributed by atoms with van der Waals surface area (Å²) in [4.78, 5) is 20.1. The van der Waals surface area contributed by atoms with Crippen LogP contribution in [0.5, 0.6) is 0 Å². The smallest absolute Gasteiger partial charge is 0.219 e. The van der Waals surface area contributed by atoms with Gasteiger partial charge < -0.3 is 9.80 Å². The molecule has 3 rings (SSSR count). The van der Waals surface area contributed by atoms with Crippen molar-refractivity contribution in [3.05, 3.63) is 23.7 Å². The highest BCUT2D eigenvalue weighted by molar-refractivity contribution is 7.17. The summed E-state index contributed by atoms with van der Waals surface area (Å²) in [6.07, 6.45) is 3.95. The molecular weight excluding hydrogens is 270 g/mol. The van der Waals surface area contributed by atoms with Crippen molar-refractivity contribution in [2.24, 2.45) is 0 Å². The van der Waals surface area contributed by atoms with Gasteiger partial charge in [-0.15, -0.1) is 11.3 Å². The summed E-state index contributed by atoms with van der Waals surface area (Å²) < 4.78 is 1.27. The van der Waals surface area contributed by atoms with Crippen molar-refractivity contribution in [3.8, 4) is 0 Å². The number of piperidine rings is 1. The first-order valence-electron chi connectivity index (χ1n) is 6.97. The van der Waals surface area contributed by atoms with Crippen LogP contribution in [0.2, 0.25) is 0 Å². The van der Waals surface area contributed by atoms with Crippen molar-refractivity contribution in [2.75, 3.05) is 25.0 Å². The Balaban J connectivity index is 1.75. The van der Waals surface area contributed by atoms with E-state index in [2.05, 4.69) is 27.4 Å². The lowest BCUT2D eigenvalue weighted by Crippen LogP contribution is -2.45. The van der Waals surface area contributed by atoms with Crippen LogP contribution < -0.4 is 4.90 Å². The number of hydrogen-bond acceptors (Lipinski definition) is 4. The fourth-order valence-corrected chi connectivity index (χ4v) is 3.75. The van der Waals surface area contributed by atoms with Crippen LogP contribution in [0.25, 0.3) is 10.2 Å². The maximum absolute atomic E-state index is 11.4. The minimum atomic E-state index is 0.160. The molecule has 1 saturated heterocycles. The van der Waals surface area contributed by atoms with Gasteiger partial charge >= 0.3 is 0 Å². The van der Waals surface area contributed by atoms with Crippen molar-refractivity contribution in [1.82, 2.24) is 9.88 Å². The van der Waals surface area contributed by atoms with E-state index in [0.29, 0.717) is 6.04 Å². The quantitative estimate of drug-likeness (QED) is 0.853. The molecule has 0 radical (unpaired) electrons. The molecule has 3 heterocycles. The number of rotatable bonds is 2. The summed E-state index contributed by atoms with van der Waals surface area (Å²) in [6.45, 7) is 3.64. The topological polar surface area (TPSA) is 36.4 Å². The lowest BCUT2D eigenvalue weighted by atomic mass is 10.0. The molecule has 0 N–H and O–H groups in total. The van der Waals surface area contributed by atoms with Crippen LogP contribution in [0.15, 0.2) is 23.7 Å². The summed E-state index contributed by atoms with van der Waals surface area (Å²) >= 11 is 1.75. The molecule has 1 aliphatic heterocycles. The molecule has 0 unspecified atom stereocenters. The van der Waals surface area contributed by atoms with Gasteiger partial charge in [0.2, 0.25) is 5.91 Å². The fraction of sp³-hybridized carbons (Fsp3) is 0.467. The van der Waals surface area contributed by atoms with E-state index >= 15 is 0 Å². The average molecular weight is 289 g/mol. The summed E-state index contributed by atoms with van der Waals surface area (Å²) in [5.74, 6) is 0.160. The van der Waals surface area contributed by atoms with E-state index in [1.165, 1.54) is 10.4 Å². The van der Waals surface area contributed by atoms with Crippen molar-refractivity contribution in [2.45, 2.75) is 25.8 Å². The standard InChI is InChI=1S/C15H19N3OS/c1-11(19)17(2)12-4-8-18(9-5-12)14-3-7-16-13-6-10-20-15(13)14/h3,6-7,10,12H,4-5,8-9H2,1-2H3. The zero-order valence-corrected chi connectivity index (χ0v) is 12.7. The molecule has 2 aromatic heterocycles. The third kappa shape index (κ3) is 2.38. The van der Waals surface area contributed by atoms with Gasteiger partial charge in [0, 0.05) is 39.3 Å². The van der Waals surface area contributed by atoms with Gasteiger partial charge in [-0.25, -0.2) is 0 Å². The summed E-state index contributed by atoms with van der Waals surface area (Å²) in [5.41, 5.74) is 2.37. The van der Waals surface area contributed by atoms with Gasteiger partial charge in [0.1, 0.15) is 0 Å². The van der Waals surface area contributed by atoms with Gasteiger partial charge in [0.15, 0.2) is 0 Å². The second kappa shape index (κ2) is 5.40. The Labute approximate surface area is 123 Å². The Morgan fingerprint density at radius 1 is 1.40 bits per heavy atom. The van der Waals surface area contributed by atoms with Gasteiger partial charge in [-0.3, -0.25) is 9.78 Å². The molecule has 106 valence electrons. The monoisotopic (exact) mass is 289 g/mol. The number of carbonyl (C=O) groups is 1. The Morgan fingerprint density at radius 2 is 2.15 bits per heavy atom. The summed E-state index contributed by atoms with van der Waals surface area (Å²) in [7, 11) is 1.91. The third-order valence-corrected chi connectivity index (χ3v) is 5.10. The van der Waals surface area contributed by atoms with Crippen molar-refractivity contribution < 1.29 is 4.79 Å². The van der Waals surface area contributed by atoms with Gasteiger partial charge in [0.05, 0.1) is 15.9 Å². The maximum atomic E-state index is 11.4. The van der Waals surface area contributed by atoms with E-state index in [9.17, 15) is 4.79 Å². The van der Waals surface area contributed by atoms with Gasteiger partial charge in [-0.05, 0) is 30.4 Å². The van der Waals surface area contributed by atoms with Crippen LogP contribution in [0, 0.1) is 0 Å². The largest absolute Gasteiger partial charge is 0.370 e. The van der Waals surface area contributed by atoms with E-state index in [0.717, 1.165) is 31.4 Å². The second-order valence-corrected chi connectivity index (χ2v) is 6.23. The van der Waals surface area contributed by atoms with Gasteiger partial charge in [-0.1, -0.05) is 0 Å². The Kier molecular flexibility index (Phi) is 3.61. The van der Waals surface area contributed by atoms with E-state index < -0.39 is 0 Å². The molecule has 1 fully saturated rings. The molecule has 1 aliphatic rings. The maximum Gasteiger partial charge on any atom is 0.219 e. The molecule has 2 aromatic rings. The lowest BCUT2D eigenvalue weighted by molar-refractivity contribution is -0.129. The number of carbonyl (C=O) groups excluding carboxylic acids is 1. The number of anilines is 1. The van der Waals surface area contributed by atoms with E-state index in [4.69, 9.17) is 0 Å². The van der Waals surface area contributed by atoms with Gasteiger partial charge in [-0.2, -0.15) is 0 Å². The first-order valence-corrected chi connectivity index (χ1v) is 7.85. The highest BCUT2D eigenvalue weighted by Gasteiger charge is 2.24. The van der Waals surface area contributed by atoms with Crippen LogP contribution in [0.4, 0.5) is 5.69 Å². The zero-order valence-electron chi connectivity index (χ0n) is 11.9. The van der Waals surface area contributed by atoms with Crippen molar-refractivity contribution in [3.63, 3.8) is 0 Å². The van der Waals surface area contributed by atoms with Crippen molar-refractivity contribution in [1.29, 1.82) is 0 Å². The number of thiophene rings is 1. The van der Waals surface area contributed by atoms with E-state index in [-0.39, 0.29) is 5.91 Å². The molecule has 1 amide bonds. The Morgan fingerprint density at radius 3 is 2.85 bits per heavy atom. The highest BCUT2D eigenvalue weighted by atomic mass is 32.1. The molecule has 0 bridgehead atoms. The molecule has 20 heavy (non-hydrogen) atoms. The van der Waals surface area contributed by atoms with Crippen molar-refractivity contribution >= 4 is 33.1 Å². The normalized spacial score (nSPS) is 16.6. The number of fused-ring (bicyclic) bond motifs is 1. The predicted molar refractivity (Wildman–Crippen MR) is 83.3 cm³/mol. The number of aromatic nitrogens is 1. The molecule has 5 heteroatoms. The molecule has 0 atom stereocenters. The van der Waals surface area contributed by atoms with E-state index in [1.54, 1.807) is 18.3 Å². The lowest BCUT2D eigenvalue weighted by Gasteiger charge is -2.37. The average Bonchev–Trinajstić information content (AvgIpc) is 2.95.